The van der Waals surface area contributed by atoms with Gasteiger partial charge in [-0.25, -0.2) is 5.84 Å². The number of oxazole rings is 1. The van der Waals surface area contributed by atoms with Gasteiger partial charge in [0.1, 0.15) is 12.0 Å². The first-order valence-corrected chi connectivity index (χ1v) is 12.2. The van der Waals surface area contributed by atoms with Crippen LogP contribution in [0.15, 0.2) is 46.7 Å². The molecule has 2 aromatic rings. The molecule has 0 radical (unpaired) electrons. The fraction of sp³-hybridized carbons (Fsp3) is 0.458. The van der Waals surface area contributed by atoms with Crippen molar-refractivity contribution < 1.29 is 4.42 Å². The van der Waals surface area contributed by atoms with Gasteiger partial charge in [-0.05, 0) is 98.8 Å². The molecule has 0 aliphatic rings. The van der Waals surface area contributed by atoms with Gasteiger partial charge in [-0.15, -0.1) is 0 Å². The lowest BCUT2D eigenvalue weighted by atomic mass is 10.1. The van der Waals surface area contributed by atoms with Crippen LogP contribution in [0.3, 0.4) is 0 Å². The molecule has 0 fully saturated rings. The van der Waals surface area contributed by atoms with Crippen LogP contribution < -0.4 is 21.9 Å². The Labute approximate surface area is 206 Å². The largest absolute Gasteiger partial charge is 0.432 e. The number of benzene rings is 1. The summed E-state index contributed by atoms with van der Waals surface area (Å²) in [5.74, 6) is 6.44. The quantitative estimate of drug-likeness (QED) is 0.113. The SMILES string of the molecule is CCN(CC)CCCN/C(C)=C/C=C(\C)c1ccc(I)c(N(N)C(C)c2coc(N)n2)c1. The van der Waals surface area contributed by atoms with E-state index in [1.807, 2.05) is 6.92 Å². The van der Waals surface area contributed by atoms with Crippen LogP contribution in [0.1, 0.15) is 58.3 Å². The Morgan fingerprint density at radius 2 is 1.97 bits per heavy atom. The smallest absolute Gasteiger partial charge is 0.292 e. The van der Waals surface area contributed by atoms with Crippen LogP contribution in [0.2, 0.25) is 0 Å². The van der Waals surface area contributed by atoms with Crippen molar-refractivity contribution in [2.24, 2.45) is 5.84 Å². The van der Waals surface area contributed by atoms with Crippen molar-refractivity contribution in [3.05, 3.63) is 57.1 Å². The maximum atomic E-state index is 6.44. The second-order valence-electron chi connectivity index (χ2n) is 7.87. The van der Waals surface area contributed by atoms with Crippen LogP contribution in [0.25, 0.3) is 5.57 Å². The van der Waals surface area contributed by atoms with Gasteiger partial charge in [0.05, 0.1) is 11.7 Å². The van der Waals surface area contributed by atoms with Gasteiger partial charge in [-0.2, -0.15) is 4.98 Å². The maximum Gasteiger partial charge on any atom is 0.292 e. The highest BCUT2D eigenvalue weighted by atomic mass is 127. The molecular formula is C24H37IN6O. The monoisotopic (exact) mass is 552 g/mol. The summed E-state index contributed by atoms with van der Waals surface area (Å²) in [6.45, 7) is 14.9. The topological polar surface area (TPSA) is 96.6 Å². The molecule has 0 aliphatic heterocycles. The van der Waals surface area contributed by atoms with Crippen LogP contribution in [0.5, 0.6) is 0 Å². The minimum absolute atomic E-state index is 0.145. The van der Waals surface area contributed by atoms with Crippen molar-refractivity contribution in [2.75, 3.05) is 36.9 Å². The Hall–Kier alpha value is -2.04. The molecule has 5 N–H and O–H groups in total. The van der Waals surface area contributed by atoms with E-state index >= 15 is 0 Å². The summed E-state index contributed by atoms with van der Waals surface area (Å²) in [5, 5.41) is 5.20. The summed E-state index contributed by atoms with van der Waals surface area (Å²) in [6.07, 6.45) is 6.95. The third-order valence-corrected chi connectivity index (χ3v) is 6.51. The van der Waals surface area contributed by atoms with Crippen molar-refractivity contribution >= 4 is 39.9 Å². The molecule has 0 saturated heterocycles. The molecule has 1 unspecified atom stereocenters. The summed E-state index contributed by atoms with van der Waals surface area (Å²) < 4.78 is 6.20. The fourth-order valence-electron chi connectivity index (χ4n) is 3.33. The molecule has 0 aliphatic carbocycles. The zero-order chi connectivity index (χ0) is 23.7. The van der Waals surface area contributed by atoms with E-state index in [-0.39, 0.29) is 12.1 Å². The van der Waals surface area contributed by atoms with E-state index < -0.39 is 0 Å². The highest BCUT2D eigenvalue weighted by Crippen LogP contribution is 2.30. The Kier molecular flexibility index (Phi) is 10.5. The van der Waals surface area contributed by atoms with Gasteiger partial charge in [0.15, 0.2) is 0 Å². The molecule has 1 heterocycles. The minimum atomic E-state index is -0.174. The van der Waals surface area contributed by atoms with Crippen molar-refractivity contribution in [1.82, 2.24) is 15.2 Å². The number of nitrogen functional groups attached to an aromatic ring is 1. The van der Waals surface area contributed by atoms with E-state index in [2.05, 4.69) is 95.8 Å². The minimum Gasteiger partial charge on any atom is -0.432 e. The molecule has 1 aromatic carbocycles. The van der Waals surface area contributed by atoms with Crippen LogP contribution in [0, 0.1) is 3.57 Å². The average molecular weight is 553 g/mol. The van der Waals surface area contributed by atoms with Gasteiger partial charge in [0, 0.05) is 15.8 Å². The number of nitrogens with zero attached hydrogens (tertiary/aromatic N) is 3. The molecule has 2 rings (SSSR count). The van der Waals surface area contributed by atoms with Gasteiger partial charge in [0.25, 0.3) is 6.01 Å². The van der Waals surface area contributed by atoms with Crippen molar-refractivity contribution in [2.45, 2.75) is 47.1 Å². The van der Waals surface area contributed by atoms with E-state index in [0.29, 0.717) is 5.69 Å². The van der Waals surface area contributed by atoms with Gasteiger partial charge in [0.2, 0.25) is 0 Å². The molecule has 0 spiro atoms. The number of nitrogens with two attached hydrogens (primary N) is 2. The fourth-order valence-corrected chi connectivity index (χ4v) is 3.95. The normalized spacial score (nSPS) is 13.5. The molecule has 176 valence electrons. The van der Waals surface area contributed by atoms with E-state index in [1.54, 1.807) is 11.3 Å². The number of aromatic nitrogens is 1. The predicted octanol–water partition coefficient (Wildman–Crippen LogP) is 4.93. The van der Waals surface area contributed by atoms with Crippen molar-refractivity contribution in [3.8, 4) is 0 Å². The summed E-state index contributed by atoms with van der Waals surface area (Å²) in [7, 11) is 0. The van der Waals surface area contributed by atoms with E-state index in [1.165, 1.54) is 5.57 Å². The van der Waals surface area contributed by atoms with Gasteiger partial charge in [-0.3, -0.25) is 0 Å². The van der Waals surface area contributed by atoms with Gasteiger partial charge < -0.3 is 25.4 Å². The first kappa shape index (κ1) is 26.2. The number of hydrogen-bond acceptors (Lipinski definition) is 7. The zero-order valence-electron chi connectivity index (χ0n) is 19.9. The number of rotatable bonds is 12. The Morgan fingerprint density at radius 1 is 1.25 bits per heavy atom. The second kappa shape index (κ2) is 12.9. The molecule has 0 amide bonds. The number of halogens is 1. The summed E-state index contributed by atoms with van der Waals surface area (Å²) in [5.41, 5.74) is 10.7. The lowest BCUT2D eigenvalue weighted by molar-refractivity contribution is 0.299. The first-order chi connectivity index (χ1) is 15.3. The summed E-state index contributed by atoms with van der Waals surface area (Å²) >= 11 is 2.30. The van der Waals surface area contributed by atoms with Gasteiger partial charge >= 0.3 is 0 Å². The van der Waals surface area contributed by atoms with Crippen LogP contribution in [-0.2, 0) is 0 Å². The Bertz CT molecular complexity index is 919. The Balaban J connectivity index is 2.04. The van der Waals surface area contributed by atoms with Crippen molar-refractivity contribution in [1.29, 1.82) is 0 Å². The Morgan fingerprint density at radius 3 is 2.59 bits per heavy atom. The number of hydrazine groups is 1. The lowest BCUT2D eigenvalue weighted by Gasteiger charge is -2.26. The molecule has 1 aromatic heterocycles. The number of hydrogen-bond donors (Lipinski definition) is 3. The third kappa shape index (κ3) is 7.53. The van der Waals surface area contributed by atoms with Crippen molar-refractivity contribution in [3.63, 3.8) is 0 Å². The van der Waals surface area contributed by atoms with E-state index in [9.17, 15) is 0 Å². The maximum absolute atomic E-state index is 6.44. The second-order valence-corrected chi connectivity index (χ2v) is 9.03. The van der Waals surface area contributed by atoms with E-state index in [4.69, 9.17) is 16.0 Å². The first-order valence-electron chi connectivity index (χ1n) is 11.1. The predicted molar refractivity (Wildman–Crippen MR) is 143 cm³/mol. The number of nitrogens with one attached hydrogen (secondary N) is 1. The molecular weight excluding hydrogens is 515 g/mol. The highest BCUT2D eigenvalue weighted by molar-refractivity contribution is 14.1. The summed E-state index contributed by atoms with van der Waals surface area (Å²) in [4.78, 5) is 6.64. The zero-order valence-corrected chi connectivity index (χ0v) is 22.0. The molecule has 32 heavy (non-hydrogen) atoms. The average Bonchev–Trinajstić information content (AvgIpc) is 3.23. The molecule has 1 atom stereocenters. The molecule has 7 nitrogen and oxygen atoms in total. The van der Waals surface area contributed by atoms with Crippen LogP contribution in [-0.4, -0.2) is 36.1 Å². The van der Waals surface area contributed by atoms with E-state index in [0.717, 1.165) is 53.1 Å². The lowest BCUT2D eigenvalue weighted by Crippen LogP contribution is -2.34. The molecule has 0 saturated carbocycles. The van der Waals surface area contributed by atoms with Crippen LogP contribution in [0.4, 0.5) is 11.7 Å². The molecule has 0 bridgehead atoms. The van der Waals surface area contributed by atoms with Gasteiger partial charge in [-0.1, -0.05) is 26.0 Å². The van der Waals surface area contributed by atoms with Crippen LogP contribution >= 0.6 is 22.6 Å². The number of allylic oxidation sites excluding steroid dienone is 4. The standard InChI is InChI=1S/C24H37IN6O/c1-6-30(7-2)14-8-13-28-18(4)10-9-17(3)20-11-12-21(25)23(15-20)31(27)19(5)22-16-32-24(26)29-22/h9-12,15-16,19,28H,6-8,13-14,27H2,1-5H3,(H2,26,29)/b17-9+,18-10+. The summed E-state index contributed by atoms with van der Waals surface area (Å²) in [6, 6.07) is 6.27. The third-order valence-electron chi connectivity index (χ3n) is 5.60. The number of anilines is 2. The molecule has 8 heteroatoms. The highest BCUT2D eigenvalue weighted by Gasteiger charge is 2.19.